The van der Waals surface area contributed by atoms with Crippen LogP contribution in [0.25, 0.3) is 0 Å². The van der Waals surface area contributed by atoms with Gasteiger partial charge in [0.1, 0.15) is 12.6 Å². The van der Waals surface area contributed by atoms with Gasteiger partial charge in [0.2, 0.25) is 21.8 Å². The molecule has 1 atom stereocenters. The van der Waals surface area contributed by atoms with E-state index in [9.17, 15) is 18.0 Å². The lowest BCUT2D eigenvalue weighted by Crippen LogP contribution is -2.56. The second-order valence-corrected chi connectivity index (χ2v) is 13.0. The van der Waals surface area contributed by atoms with Crippen LogP contribution in [0.15, 0.2) is 78.9 Å². The first-order valence-corrected chi connectivity index (χ1v) is 14.9. The number of sulfonamides is 1. The molecule has 0 spiro atoms. The number of halogens is 1. The molecule has 1 N–H and O–H groups in total. The molecule has 9 heteroatoms. The third kappa shape index (κ3) is 8.83. The molecule has 7 nitrogen and oxygen atoms in total. The maximum atomic E-state index is 14.1. The molecule has 0 heterocycles. The summed E-state index contributed by atoms with van der Waals surface area (Å²) in [4.78, 5) is 29.3. The van der Waals surface area contributed by atoms with Gasteiger partial charge in [-0.3, -0.25) is 13.9 Å². The minimum atomic E-state index is -3.85. The van der Waals surface area contributed by atoms with Crippen LogP contribution in [0, 0.1) is 6.92 Å². The fraction of sp³-hybridized carbons (Fsp3) is 0.333. The summed E-state index contributed by atoms with van der Waals surface area (Å²) in [6.07, 6.45) is 1.30. The molecule has 0 aromatic heterocycles. The number of aryl methyl sites for hydroxylation is 1. The van der Waals surface area contributed by atoms with Gasteiger partial charge in [0.05, 0.1) is 11.9 Å². The number of carbonyl (C=O) groups excluding carboxylic acids is 2. The van der Waals surface area contributed by atoms with Crippen LogP contribution in [0.3, 0.4) is 0 Å². The molecule has 0 aliphatic rings. The van der Waals surface area contributed by atoms with E-state index in [1.165, 1.54) is 11.0 Å². The molecule has 0 saturated carbocycles. The smallest absolute Gasteiger partial charge is 0.244 e. The van der Waals surface area contributed by atoms with Crippen LogP contribution in [0.4, 0.5) is 5.69 Å². The molecule has 0 unspecified atom stereocenters. The monoisotopic (exact) mass is 569 g/mol. The van der Waals surface area contributed by atoms with Crippen molar-refractivity contribution in [1.29, 1.82) is 0 Å². The highest BCUT2D eigenvalue weighted by molar-refractivity contribution is 7.92. The summed E-state index contributed by atoms with van der Waals surface area (Å²) in [5.74, 6) is -0.824. The summed E-state index contributed by atoms with van der Waals surface area (Å²) in [6.45, 7) is 7.22. The van der Waals surface area contributed by atoms with Crippen molar-refractivity contribution in [2.45, 2.75) is 52.2 Å². The van der Waals surface area contributed by atoms with E-state index in [-0.39, 0.29) is 24.6 Å². The van der Waals surface area contributed by atoms with Crippen LogP contribution in [0.2, 0.25) is 5.02 Å². The summed E-state index contributed by atoms with van der Waals surface area (Å²) in [5.41, 5.74) is 2.43. The van der Waals surface area contributed by atoms with Crippen molar-refractivity contribution >= 4 is 39.1 Å². The van der Waals surface area contributed by atoms with Gasteiger partial charge in [-0.25, -0.2) is 8.42 Å². The van der Waals surface area contributed by atoms with E-state index in [1.54, 1.807) is 18.2 Å². The maximum Gasteiger partial charge on any atom is 0.244 e. The van der Waals surface area contributed by atoms with Crippen LogP contribution in [0.5, 0.6) is 0 Å². The minimum Gasteiger partial charge on any atom is -0.350 e. The largest absolute Gasteiger partial charge is 0.350 e. The second-order valence-electron chi connectivity index (χ2n) is 10.6. The lowest BCUT2D eigenvalue weighted by molar-refractivity contribution is -0.140. The van der Waals surface area contributed by atoms with Crippen LogP contribution >= 0.6 is 11.6 Å². The molecule has 0 bridgehead atoms. The van der Waals surface area contributed by atoms with Crippen LogP contribution < -0.4 is 9.62 Å². The number of benzene rings is 3. The van der Waals surface area contributed by atoms with Gasteiger partial charge < -0.3 is 10.2 Å². The molecule has 3 aromatic carbocycles. The predicted octanol–water partition coefficient (Wildman–Crippen LogP) is 4.97. The van der Waals surface area contributed by atoms with Gasteiger partial charge in [-0.2, -0.15) is 0 Å². The van der Waals surface area contributed by atoms with Crippen molar-refractivity contribution in [2.24, 2.45) is 0 Å². The molecule has 2 amide bonds. The lowest BCUT2D eigenvalue weighted by atomic mass is 10.00. The molecule has 39 heavy (non-hydrogen) atoms. The van der Waals surface area contributed by atoms with Crippen LogP contribution in [0.1, 0.15) is 37.5 Å². The maximum absolute atomic E-state index is 14.1. The fourth-order valence-corrected chi connectivity index (χ4v) is 5.25. The Hall–Kier alpha value is -3.36. The first kappa shape index (κ1) is 30.2. The number of amides is 2. The Bertz CT molecular complexity index is 1400. The highest BCUT2D eigenvalue weighted by atomic mass is 35.5. The molecular formula is C30H36ClN3O4S. The second kappa shape index (κ2) is 12.7. The average molecular weight is 570 g/mol. The Labute approximate surface area is 236 Å². The third-order valence-corrected chi connectivity index (χ3v) is 7.52. The van der Waals surface area contributed by atoms with Crippen molar-refractivity contribution in [3.63, 3.8) is 0 Å². The molecule has 0 saturated heterocycles. The standard InChI is InChI=1S/C30H36ClN3O4S/c1-22-12-9-10-15-24(22)20-33(27(29(36)32-30(2,3)4)18-23-13-7-6-8-14-23)28(35)21-34(39(5,37)38)26-17-11-16-25(31)19-26/h6-17,19,27H,18,20-21H2,1-5H3,(H,32,36)/t27-/m0/s1. The van der Waals surface area contributed by atoms with Gasteiger partial charge in [0.15, 0.2) is 0 Å². The SMILES string of the molecule is Cc1ccccc1CN(C(=O)CN(c1cccc(Cl)c1)S(C)(=O)=O)[C@@H](Cc1ccccc1)C(=O)NC(C)(C)C. The van der Waals surface area contributed by atoms with Gasteiger partial charge in [-0.05, 0) is 62.6 Å². The van der Waals surface area contributed by atoms with E-state index < -0.39 is 34.1 Å². The Balaban J connectivity index is 2.09. The minimum absolute atomic E-state index is 0.133. The van der Waals surface area contributed by atoms with Gasteiger partial charge in [-0.1, -0.05) is 72.3 Å². The Kier molecular flexibility index (Phi) is 9.80. The number of hydrogen-bond donors (Lipinski definition) is 1. The van der Waals surface area contributed by atoms with Crippen molar-refractivity contribution in [2.75, 3.05) is 17.1 Å². The van der Waals surface area contributed by atoms with Crippen molar-refractivity contribution in [3.8, 4) is 0 Å². The van der Waals surface area contributed by atoms with E-state index in [0.717, 1.165) is 27.3 Å². The molecular weight excluding hydrogens is 534 g/mol. The van der Waals surface area contributed by atoms with E-state index in [2.05, 4.69) is 5.32 Å². The number of nitrogens with zero attached hydrogens (tertiary/aromatic N) is 2. The van der Waals surface area contributed by atoms with Crippen LogP contribution in [-0.4, -0.2) is 49.5 Å². The number of rotatable bonds is 10. The van der Waals surface area contributed by atoms with Gasteiger partial charge >= 0.3 is 0 Å². The Morgan fingerprint density at radius 2 is 1.59 bits per heavy atom. The lowest BCUT2D eigenvalue weighted by Gasteiger charge is -2.35. The first-order valence-electron chi connectivity index (χ1n) is 12.7. The van der Waals surface area contributed by atoms with Crippen molar-refractivity contribution in [3.05, 3.63) is 101 Å². The number of hydrogen-bond acceptors (Lipinski definition) is 4. The van der Waals surface area contributed by atoms with E-state index >= 15 is 0 Å². The van der Waals surface area contributed by atoms with Gasteiger partial charge in [-0.15, -0.1) is 0 Å². The fourth-order valence-electron chi connectivity index (χ4n) is 4.22. The molecule has 0 aliphatic heterocycles. The molecule has 208 valence electrons. The first-order chi connectivity index (χ1) is 18.2. The van der Waals surface area contributed by atoms with Crippen molar-refractivity contribution < 1.29 is 18.0 Å². The summed E-state index contributed by atoms with van der Waals surface area (Å²) >= 11 is 6.14. The average Bonchev–Trinajstić information content (AvgIpc) is 2.84. The highest BCUT2D eigenvalue weighted by Gasteiger charge is 2.34. The van der Waals surface area contributed by atoms with E-state index in [1.807, 2.05) is 82.3 Å². The van der Waals surface area contributed by atoms with Gasteiger partial charge in [0, 0.05) is 23.5 Å². The highest BCUT2D eigenvalue weighted by Crippen LogP contribution is 2.24. The summed E-state index contributed by atoms with van der Waals surface area (Å²) in [5, 5.41) is 3.36. The quantitative estimate of drug-likeness (QED) is 0.373. The van der Waals surface area contributed by atoms with E-state index in [4.69, 9.17) is 11.6 Å². The normalized spacial score (nSPS) is 12.5. The summed E-state index contributed by atoms with van der Waals surface area (Å²) < 4.78 is 26.7. The van der Waals surface area contributed by atoms with Crippen LogP contribution in [-0.2, 0) is 32.6 Å². The zero-order valence-corrected chi connectivity index (χ0v) is 24.6. The third-order valence-electron chi connectivity index (χ3n) is 6.15. The van der Waals surface area contributed by atoms with Gasteiger partial charge in [0.25, 0.3) is 0 Å². The zero-order chi connectivity index (χ0) is 28.8. The molecule has 3 rings (SSSR count). The number of nitrogens with one attached hydrogen (secondary N) is 1. The number of anilines is 1. The summed E-state index contributed by atoms with van der Waals surface area (Å²) in [6, 6.07) is 22.5. The van der Waals surface area contributed by atoms with Crippen molar-refractivity contribution in [1.82, 2.24) is 10.2 Å². The Morgan fingerprint density at radius 1 is 0.949 bits per heavy atom. The zero-order valence-electron chi connectivity index (χ0n) is 23.0. The number of carbonyl (C=O) groups is 2. The molecule has 0 aliphatic carbocycles. The molecule has 0 fully saturated rings. The predicted molar refractivity (Wildman–Crippen MR) is 157 cm³/mol. The summed E-state index contributed by atoms with van der Waals surface area (Å²) in [7, 11) is -3.85. The molecule has 3 aromatic rings. The van der Waals surface area contributed by atoms with E-state index in [0.29, 0.717) is 5.02 Å². The Morgan fingerprint density at radius 3 is 2.18 bits per heavy atom. The molecule has 0 radical (unpaired) electrons. The topological polar surface area (TPSA) is 86.8 Å².